The molecule has 1 unspecified atom stereocenters. The third-order valence-corrected chi connectivity index (χ3v) is 5.71. The van der Waals surface area contributed by atoms with E-state index in [1.165, 1.54) is 35.3 Å². The molecule has 0 amide bonds. The van der Waals surface area contributed by atoms with Crippen molar-refractivity contribution < 1.29 is 0 Å². The Hall–Kier alpha value is -1.12. The lowest BCUT2D eigenvalue weighted by atomic mass is 9.77. The summed E-state index contributed by atoms with van der Waals surface area (Å²) < 4.78 is 0. The fraction of sp³-hybridized carbons (Fsp3) is 0.474. The number of benzene rings is 1. The third-order valence-electron chi connectivity index (χ3n) is 4.68. The van der Waals surface area contributed by atoms with Crippen LogP contribution < -0.4 is 5.32 Å². The Bertz CT molecular complexity index is 583. The molecule has 0 aliphatic heterocycles. The van der Waals surface area contributed by atoms with Crippen LogP contribution in [-0.2, 0) is 6.42 Å². The van der Waals surface area contributed by atoms with E-state index in [9.17, 15) is 0 Å². The van der Waals surface area contributed by atoms with Gasteiger partial charge in [0.25, 0.3) is 0 Å². The molecule has 2 heteroatoms. The zero-order valence-electron chi connectivity index (χ0n) is 13.1. The molecular weight excluding hydrogens is 274 g/mol. The molecule has 1 aliphatic rings. The zero-order chi connectivity index (χ0) is 14.7. The van der Waals surface area contributed by atoms with Gasteiger partial charge in [-0.3, -0.25) is 0 Å². The van der Waals surface area contributed by atoms with Crippen LogP contribution in [0.4, 0.5) is 0 Å². The van der Waals surface area contributed by atoms with E-state index in [2.05, 4.69) is 54.9 Å². The van der Waals surface area contributed by atoms with E-state index in [1.807, 2.05) is 11.3 Å². The molecule has 21 heavy (non-hydrogen) atoms. The highest BCUT2D eigenvalue weighted by Crippen LogP contribution is 2.41. The zero-order valence-corrected chi connectivity index (χ0v) is 13.9. The quantitative estimate of drug-likeness (QED) is 0.765. The third kappa shape index (κ3) is 2.93. The lowest BCUT2D eigenvalue weighted by molar-refractivity contribution is 0.414. The molecule has 0 radical (unpaired) electrons. The van der Waals surface area contributed by atoms with Gasteiger partial charge in [-0.25, -0.2) is 0 Å². The molecule has 1 N–H and O–H groups in total. The molecule has 3 rings (SSSR count). The molecule has 1 atom stereocenters. The number of hydrogen-bond acceptors (Lipinski definition) is 2. The summed E-state index contributed by atoms with van der Waals surface area (Å²) in [4.78, 5) is 1.51. The van der Waals surface area contributed by atoms with E-state index in [0.717, 1.165) is 18.9 Å². The molecular formula is C19H25NS. The number of rotatable bonds is 6. The van der Waals surface area contributed by atoms with Gasteiger partial charge in [0.15, 0.2) is 0 Å². The van der Waals surface area contributed by atoms with Crippen LogP contribution in [0.15, 0.2) is 35.7 Å². The first-order valence-corrected chi connectivity index (χ1v) is 9.11. The second-order valence-corrected chi connectivity index (χ2v) is 6.86. The maximum Gasteiger partial charge on any atom is 0.0676 e. The Balaban J connectivity index is 2.01. The molecule has 0 bridgehead atoms. The number of nitrogens with one attached hydrogen (secondary N) is 1. The minimum atomic E-state index is 0.363. The lowest BCUT2D eigenvalue weighted by Crippen LogP contribution is -2.24. The van der Waals surface area contributed by atoms with Crippen molar-refractivity contribution in [1.82, 2.24) is 5.32 Å². The summed E-state index contributed by atoms with van der Waals surface area (Å²) in [6, 6.07) is 11.7. The predicted molar refractivity (Wildman–Crippen MR) is 92.3 cm³/mol. The average Bonchev–Trinajstić information content (AvgIpc) is 2.92. The monoisotopic (exact) mass is 299 g/mol. The fourth-order valence-corrected chi connectivity index (χ4v) is 4.39. The van der Waals surface area contributed by atoms with Crippen LogP contribution in [-0.4, -0.2) is 6.54 Å². The number of aryl methyl sites for hydroxylation is 1. The molecule has 0 spiro atoms. The SMILES string of the molecule is CCNC(c1ccccc1C1CCC1)c1sccc1CC. The first-order valence-electron chi connectivity index (χ1n) is 8.23. The van der Waals surface area contributed by atoms with Crippen molar-refractivity contribution in [3.8, 4) is 0 Å². The standard InChI is InChI=1S/C19H25NS/c1-3-14-12-13-21-19(14)18(20-4-2)17-11-6-5-10-16(17)15-8-7-9-15/h5-6,10-13,15,18,20H,3-4,7-9H2,1-2H3. The van der Waals surface area contributed by atoms with Gasteiger partial charge in [0, 0.05) is 4.88 Å². The molecule has 1 fully saturated rings. The smallest absolute Gasteiger partial charge is 0.0676 e. The van der Waals surface area contributed by atoms with E-state index in [4.69, 9.17) is 0 Å². The topological polar surface area (TPSA) is 12.0 Å². The van der Waals surface area contributed by atoms with Gasteiger partial charge in [0.1, 0.15) is 0 Å². The van der Waals surface area contributed by atoms with Gasteiger partial charge in [0.05, 0.1) is 6.04 Å². The lowest BCUT2D eigenvalue weighted by Gasteiger charge is -2.31. The molecule has 1 aromatic carbocycles. The van der Waals surface area contributed by atoms with Crippen LogP contribution in [0.1, 0.15) is 66.6 Å². The van der Waals surface area contributed by atoms with Crippen LogP contribution in [0.3, 0.4) is 0 Å². The van der Waals surface area contributed by atoms with E-state index < -0.39 is 0 Å². The van der Waals surface area contributed by atoms with Crippen molar-refractivity contribution in [1.29, 1.82) is 0 Å². The molecule has 1 nitrogen and oxygen atoms in total. The first-order chi connectivity index (χ1) is 10.3. The number of hydrogen-bond donors (Lipinski definition) is 1. The van der Waals surface area contributed by atoms with Gasteiger partial charge in [-0.05, 0) is 59.9 Å². The average molecular weight is 299 g/mol. The normalized spacial score (nSPS) is 16.7. The van der Waals surface area contributed by atoms with Gasteiger partial charge < -0.3 is 5.32 Å². The summed E-state index contributed by atoms with van der Waals surface area (Å²) >= 11 is 1.90. The van der Waals surface area contributed by atoms with E-state index in [1.54, 1.807) is 5.56 Å². The summed E-state index contributed by atoms with van der Waals surface area (Å²) in [5.41, 5.74) is 4.57. The van der Waals surface area contributed by atoms with Crippen LogP contribution in [0.2, 0.25) is 0 Å². The van der Waals surface area contributed by atoms with Crippen LogP contribution >= 0.6 is 11.3 Å². The minimum absolute atomic E-state index is 0.363. The van der Waals surface area contributed by atoms with Gasteiger partial charge in [-0.15, -0.1) is 11.3 Å². The Labute approximate surface area is 132 Å². The molecule has 112 valence electrons. The van der Waals surface area contributed by atoms with Gasteiger partial charge in [-0.1, -0.05) is 44.5 Å². The highest BCUT2D eigenvalue weighted by atomic mass is 32.1. The molecule has 1 aliphatic carbocycles. The van der Waals surface area contributed by atoms with E-state index in [-0.39, 0.29) is 0 Å². The predicted octanol–water partition coefficient (Wildman–Crippen LogP) is 5.28. The van der Waals surface area contributed by atoms with E-state index in [0.29, 0.717) is 6.04 Å². The summed E-state index contributed by atoms with van der Waals surface area (Å²) in [5.74, 6) is 0.785. The first kappa shape index (κ1) is 14.8. The molecule has 1 saturated carbocycles. The van der Waals surface area contributed by atoms with Gasteiger partial charge in [0.2, 0.25) is 0 Å². The summed E-state index contributed by atoms with van der Waals surface area (Å²) in [5, 5.41) is 5.97. The highest BCUT2D eigenvalue weighted by Gasteiger charge is 2.26. The molecule has 1 heterocycles. The second kappa shape index (κ2) is 6.76. The maximum absolute atomic E-state index is 3.73. The number of thiophene rings is 1. The largest absolute Gasteiger partial charge is 0.306 e. The summed E-state index contributed by atoms with van der Waals surface area (Å²) in [6.07, 6.45) is 5.23. The van der Waals surface area contributed by atoms with Gasteiger partial charge >= 0.3 is 0 Å². The Morgan fingerprint density at radius 3 is 2.67 bits per heavy atom. The second-order valence-electron chi connectivity index (χ2n) is 5.91. The van der Waals surface area contributed by atoms with Crippen molar-refractivity contribution in [2.75, 3.05) is 6.54 Å². The van der Waals surface area contributed by atoms with Crippen LogP contribution in [0.25, 0.3) is 0 Å². The maximum atomic E-state index is 3.73. The van der Waals surface area contributed by atoms with Crippen molar-refractivity contribution >= 4 is 11.3 Å². The van der Waals surface area contributed by atoms with Crippen molar-refractivity contribution in [3.05, 3.63) is 57.3 Å². The molecule has 1 aromatic heterocycles. The highest BCUT2D eigenvalue weighted by molar-refractivity contribution is 7.10. The minimum Gasteiger partial charge on any atom is -0.306 e. The van der Waals surface area contributed by atoms with Gasteiger partial charge in [-0.2, -0.15) is 0 Å². The van der Waals surface area contributed by atoms with Crippen LogP contribution in [0.5, 0.6) is 0 Å². The Morgan fingerprint density at radius 1 is 1.19 bits per heavy atom. The van der Waals surface area contributed by atoms with Crippen molar-refractivity contribution in [3.63, 3.8) is 0 Å². The fourth-order valence-electron chi connectivity index (χ4n) is 3.31. The summed E-state index contributed by atoms with van der Waals surface area (Å²) in [6.45, 7) is 5.47. The van der Waals surface area contributed by atoms with Crippen molar-refractivity contribution in [2.45, 2.75) is 51.5 Å². The van der Waals surface area contributed by atoms with Crippen LogP contribution in [0, 0.1) is 0 Å². The Kier molecular flexibility index (Phi) is 4.77. The van der Waals surface area contributed by atoms with Crippen molar-refractivity contribution in [2.24, 2.45) is 0 Å². The molecule has 0 saturated heterocycles. The Morgan fingerprint density at radius 2 is 2.00 bits per heavy atom. The van der Waals surface area contributed by atoms with E-state index >= 15 is 0 Å². The summed E-state index contributed by atoms with van der Waals surface area (Å²) in [7, 11) is 0. The molecule has 2 aromatic rings.